The van der Waals surface area contributed by atoms with E-state index in [0.29, 0.717) is 5.56 Å². The van der Waals surface area contributed by atoms with Crippen LogP contribution in [0.15, 0.2) is 67.0 Å². The molecular weight excluding hydrogens is 324 g/mol. The first-order valence-corrected chi connectivity index (χ1v) is 8.78. The minimum atomic E-state index is -0.0624. The second-order valence-corrected chi connectivity index (χ2v) is 6.89. The second kappa shape index (κ2) is 6.77. The SMILES string of the molecule is CN(C)[C@@H]1Cc2ccccc2[C@H]1NC(=O)c1cccc(-n2cccn2)c1. The van der Waals surface area contributed by atoms with E-state index in [-0.39, 0.29) is 18.0 Å². The molecule has 0 spiro atoms. The van der Waals surface area contributed by atoms with E-state index >= 15 is 0 Å². The van der Waals surface area contributed by atoms with Crippen molar-refractivity contribution in [3.05, 3.63) is 83.7 Å². The summed E-state index contributed by atoms with van der Waals surface area (Å²) in [5, 5.41) is 7.48. The lowest BCUT2D eigenvalue weighted by Crippen LogP contribution is -2.41. The number of hydrogen-bond acceptors (Lipinski definition) is 3. The molecule has 1 aliphatic carbocycles. The van der Waals surface area contributed by atoms with Gasteiger partial charge in [-0.15, -0.1) is 0 Å². The molecule has 0 fully saturated rings. The minimum Gasteiger partial charge on any atom is -0.344 e. The fraction of sp³-hybridized carbons (Fsp3) is 0.238. The zero-order valence-corrected chi connectivity index (χ0v) is 15.0. The number of likely N-dealkylation sites (N-methyl/N-ethyl adjacent to an activating group) is 1. The molecule has 1 aliphatic rings. The molecule has 26 heavy (non-hydrogen) atoms. The van der Waals surface area contributed by atoms with E-state index in [1.165, 1.54) is 11.1 Å². The first-order chi connectivity index (χ1) is 12.6. The Morgan fingerprint density at radius 1 is 1.15 bits per heavy atom. The largest absolute Gasteiger partial charge is 0.344 e. The van der Waals surface area contributed by atoms with Crippen molar-refractivity contribution in [3.63, 3.8) is 0 Å². The molecule has 3 aromatic rings. The molecule has 2 aromatic carbocycles. The molecule has 5 nitrogen and oxygen atoms in total. The van der Waals surface area contributed by atoms with Crippen LogP contribution >= 0.6 is 0 Å². The zero-order chi connectivity index (χ0) is 18.1. The number of hydrogen-bond donors (Lipinski definition) is 1. The average molecular weight is 346 g/mol. The van der Waals surface area contributed by atoms with Gasteiger partial charge in [0.2, 0.25) is 0 Å². The first-order valence-electron chi connectivity index (χ1n) is 8.78. The third-order valence-electron chi connectivity index (χ3n) is 5.03. The molecule has 1 N–H and O–H groups in total. The highest BCUT2D eigenvalue weighted by atomic mass is 16.1. The Balaban J connectivity index is 1.60. The van der Waals surface area contributed by atoms with Crippen molar-refractivity contribution in [1.82, 2.24) is 20.0 Å². The van der Waals surface area contributed by atoms with Crippen LogP contribution in [0.4, 0.5) is 0 Å². The van der Waals surface area contributed by atoms with Crippen LogP contribution in [0.25, 0.3) is 5.69 Å². The average Bonchev–Trinajstić information content (AvgIpc) is 3.30. The van der Waals surface area contributed by atoms with E-state index in [4.69, 9.17) is 0 Å². The van der Waals surface area contributed by atoms with Gasteiger partial charge in [-0.05, 0) is 55.9 Å². The summed E-state index contributed by atoms with van der Waals surface area (Å²) in [6.45, 7) is 0. The summed E-state index contributed by atoms with van der Waals surface area (Å²) in [7, 11) is 4.13. The number of carbonyl (C=O) groups excluding carboxylic acids is 1. The van der Waals surface area contributed by atoms with Crippen molar-refractivity contribution < 1.29 is 4.79 Å². The van der Waals surface area contributed by atoms with E-state index in [1.54, 1.807) is 10.9 Å². The number of amides is 1. The standard InChI is InChI=1S/C21H22N4O/c1-24(2)19-14-15-7-3-4-10-18(15)20(19)23-21(26)16-8-5-9-17(13-16)25-12-6-11-22-25/h3-13,19-20H,14H2,1-2H3,(H,23,26)/t19-,20-/m1/s1. The van der Waals surface area contributed by atoms with Crippen LogP contribution in [-0.4, -0.2) is 40.7 Å². The Morgan fingerprint density at radius 3 is 2.77 bits per heavy atom. The summed E-state index contributed by atoms with van der Waals surface area (Å²) >= 11 is 0. The van der Waals surface area contributed by atoms with Crippen molar-refractivity contribution in [2.24, 2.45) is 0 Å². The van der Waals surface area contributed by atoms with Crippen molar-refractivity contribution in [1.29, 1.82) is 0 Å². The number of nitrogens with zero attached hydrogens (tertiary/aromatic N) is 3. The van der Waals surface area contributed by atoms with Gasteiger partial charge in [0.15, 0.2) is 0 Å². The summed E-state index contributed by atoms with van der Waals surface area (Å²) in [4.78, 5) is 15.1. The predicted octanol–water partition coefficient (Wildman–Crippen LogP) is 2.83. The Morgan fingerprint density at radius 2 is 2.00 bits per heavy atom. The smallest absolute Gasteiger partial charge is 0.251 e. The molecule has 0 radical (unpaired) electrons. The fourth-order valence-electron chi connectivity index (χ4n) is 3.66. The van der Waals surface area contributed by atoms with Gasteiger partial charge in [0.1, 0.15) is 0 Å². The van der Waals surface area contributed by atoms with E-state index in [9.17, 15) is 4.79 Å². The monoisotopic (exact) mass is 346 g/mol. The molecule has 0 bridgehead atoms. The molecular formula is C21H22N4O. The van der Waals surface area contributed by atoms with Gasteiger partial charge in [-0.25, -0.2) is 4.68 Å². The van der Waals surface area contributed by atoms with Gasteiger partial charge in [-0.2, -0.15) is 5.10 Å². The number of rotatable bonds is 4. The highest BCUT2D eigenvalue weighted by Gasteiger charge is 2.34. The summed E-state index contributed by atoms with van der Waals surface area (Å²) in [5.74, 6) is -0.0624. The van der Waals surface area contributed by atoms with Crippen LogP contribution in [0.2, 0.25) is 0 Å². The fourth-order valence-corrected chi connectivity index (χ4v) is 3.66. The lowest BCUT2D eigenvalue weighted by molar-refractivity contribution is 0.0914. The van der Waals surface area contributed by atoms with Crippen molar-refractivity contribution in [2.75, 3.05) is 14.1 Å². The normalized spacial score (nSPS) is 18.7. The summed E-state index contributed by atoms with van der Waals surface area (Å²) in [5.41, 5.74) is 4.03. The number of fused-ring (bicyclic) bond motifs is 1. The summed E-state index contributed by atoms with van der Waals surface area (Å²) in [6.07, 6.45) is 4.54. The van der Waals surface area contributed by atoms with Crippen molar-refractivity contribution >= 4 is 5.91 Å². The third kappa shape index (κ3) is 3.02. The predicted molar refractivity (Wildman–Crippen MR) is 101 cm³/mol. The molecule has 0 saturated heterocycles. The molecule has 0 unspecified atom stereocenters. The van der Waals surface area contributed by atoms with Crippen LogP contribution in [0, 0.1) is 0 Å². The van der Waals surface area contributed by atoms with Crippen molar-refractivity contribution in [2.45, 2.75) is 18.5 Å². The molecule has 4 rings (SSSR count). The van der Waals surface area contributed by atoms with Gasteiger partial charge in [-0.3, -0.25) is 4.79 Å². The van der Waals surface area contributed by atoms with Gasteiger partial charge < -0.3 is 10.2 Å². The van der Waals surface area contributed by atoms with Gasteiger partial charge in [0.05, 0.1) is 11.7 Å². The van der Waals surface area contributed by atoms with Gasteiger partial charge in [-0.1, -0.05) is 30.3 Å². The number of benzene rings is 2. The third-order valence-corrected chi connectivity index (χ3v) is 5.03. The molecule has 1 amide bonds. The van der Waals surface area contributed by atoms with Crippen molar-refractivity contribution in [3.8, 4) is 5.69 Å². The number of aromatic nitrogens is 2. The van der Waals surface area contributed by atoms with Crippen LogP contribution in [0.3, 0.4) is 0 Å². The van der Waals surface area contributed by atoms with Crippen LogP contribution in [0.5, 0.6) is 0 Å². The molecule has 0 aliphatic heterocycles. The Kier molecular flexibility index (Phi) is 4.31. The number of nitrogens with one attached hydrogen (secondary N) is 1. The molecule has 1 heterocycles. The molecule has 5 heteroatoms. The van der Waals surface area contributed by atoms with Gasteiger partial charge in [0, 0.05) is 24.0 Å². The maximum absolute atomic E-state index is 12.9. The van der Waals surface area contributed by atoms with E-state index < -0.39 is 0 Å². The molecule has 1 aromatic heterocycles. The summed E-state index contributed by atoms with van der Waals surface area (Å²) < 4.78 is 1.75. The highest BCUT2D eigenvalue weighted by Crippen LogP contribution is 2.33. The van der Waals surface area contributed by atoms with Gasteiger partial charge in [0.25, 0.3) is 5.91 Å². The highest BCUT2D eigenvalue weighted by molar-refractivity contribution is 5.95. The molecule has 0 saturated carbocycles. The first kappa shape index (κ1) is 16.5. The van der Waals surface area contributed by atoms with Crippen LogP contribution in [0.1, 0.15) is 27.5 Å². The maximum atomic E-state index is 12.9. The van der Waals surface area contributed by atoms with E-state index in [0.717, 1.165) is 12.1 Å². The van der Waals surface area contributed by atoms with Gasteiger partial charge >= 0.3 is 0 Å². The van der Waals surface area contributed by atoms with E-state index in [2.05, 4.69) is 47.6 Å². The number of carbonyl (C=O) groups is 1. The second-order valence-electron chi connectivity index (χ2n) is 6.89. The molecule has 132 valence electrons. The lowest BCUT2D eigenvalue weighted by atomic mass is 10.1. The summed E-state index contributed by atoms with van der Waals surface area (Å²) in [6, 6.07) is 18.0. The topological polar surface area (TPSA) is 50.2 Å². The zero-order valence-electron chi connectivity index (χ0n) is 15.0. The van der Waals surface area contributed by atoms with E-state index in [1.807, 2.05) is 42.6 Å². The lowest BCUT2D eigenvalue weighted by Gasteiger charge is -2.27. The molecule has 2 atom stereocenters. The maximum Gasteiger partial charge on any atom is 0.251 e. The Hall–Kier alpha value is -2.92. The minimum absolute atomic E-state index is 0.0120. The Bertz CT molecular complexity index is 917. The van der Waals surface area contributed by atoms with Crippen LogP contribution < -0.4 is 5.32 Å². The quantitative estimate of drug-likeness (QED) is 0.790. The van der Waals surface area contributed by atoms with Crippen LogP contribution in [-0.2, 0) is 6.42 Å². The Labute approximate surface area is 153 Å².